The van der Waals surface area contributed by atoms with Gasteiger partial charge in [0, 0.05) is 6.54 Å². The fourth-order valence-corrected chi connectivity index (χ4v) is 1.67. The van der Waals surface area contributed by atoms with Crippen LogP contribution in [0.1, 0.15) is 19.6 Å². The predicted molar refractivity (Wildman–Crippen MR) is 62.6 cm³/mol. The van der Waals surface area contributed by atoms with Crippen molar-refractivity contribution in [2.45, 2.75) is 31.6 Å². The first kappa shape index (κ1) is 14.2. The highest BCUT2D eigenvalue weighted by Crippen LogP contribution is 2.11. The van der Waals surface area contributed by atoms with Gasteiger partial charge in [-0.3, -0.25) is 0 Å². The van der Waals surface area contributed by atoms with E-state index in [0.29, 0.717) is 18.8 Å². The maximum absolute atomic E-state index is 10.9. The Labute approximate surface area is 101 Å². The lowest BCUT2D eigenvalue weighted by Gasteiger charge is -2.14. The summed E-state index contributed by atoms with van der Waals surface area (Å²) in [5.41, 5.74) is 0. The van der Waals surface area contributed by atoms with E-state index in [1.807, 2.05) is 13.8 Å². The summed E-state index contributed by atoms with van der Waals surface area (Å²) in [6.45, 7) is 4.60. The Hall–Kier alpha value is -0.890. The molecule has 0 saturated heterocycles. The quantitative estimate of drug-likeness (QED) is 0.671. The monoisotopic (exact) mass is 262 g/mol. The smallest absolute Gasteiger partial charge is 0.271 e. The van der Waals surface area contributed by atoms with Crippen LogP contribution in [-0.2, 0) is 16.6 Å². The second kappa shape index (κ2) is 5.63. The maximum Gasteiger partial charge on any atom is 0.271 e. The standard InChI is InChI=1S/C10H18N2O4S/c1-7(2)9(13)6-12-5-8-3-4-10(16-8)17(11,14)15/h3-4,7,9,12-13H,5-6H2,1-2H3,(H2,11,14,15). The van der Waals surface area contributed by atoms with Crippen LogP contribution in [0, 0.1) is 5.92 Å². The summed E-state index contributed by atoms with van der Waals surface area (Å²) >= 11 is 0. The zero-order valence-electron chi connectivity index (χ0n) is 9.88. The molecule has 0 aliphatic heterocycles. The Morgan fingerprint density at radius 2 is 2.12 bits per heavy atom. The zero-order valence-corrected chi connectivity index (χ0v) is 10.7. The van der Waals surface area contributed by atoms with Crippen LogP contribution in [0.3, 0.4) is 0 Å². The first-order valence-electron chi connectivity index (χ1n) is 5.31. The molecule has 0 saturated carbocycles. The van der Waals surface area contributed by atoms with Crippen molar-refractivity contribution < 1.29 is 17.9 Å². The minimum atomic E-state index is -3.78. The average molecular weight is 262 g/mol. The molecule has 0 aliphatic carbocycles. The Balaban J connectivity index is 2.46. The number of hydrogen-bond acceptors (Lipinski definition) is 5. The Morgan fingerprint density at radius 3 is 2.59 bits per heavy atom. The van der Waals surface area contributed by atoms with E-state index in [-0.39, 0.29) is 11.0 Å². The van der Waals surface area contributed by atoms with E-state index in [1.54, 1.807) is 0 Å². The van der Waals surface area contributed by atoms with Crippen molar-refractivity contribution in [3.8, 4) is 0 Å². The summed E-state index contributed by atoms with van der Waals surface area (Å²) in [7, 11) is -3.78. The summed E-state index contributed by atoms with van der Waals surface area (Å²) < 4.78 is 26.9. The molecule has 6 nitrogen and oxygen atoms in total. The van der Waals surface area contributed by atoms with Gasteiger partial charge in [0.05, 0.1) is 12.6 Å². The second-order valence-electron chi connectivity index (χ2n) is 4.21. The number of hydrogen-bond donors (Lipinski definition) is 3. The molecule has 98 valence electrons. The topological polar surface area (TPSA) is 106 Å². The minimum Gasteiger partial charge on any atom is -0.447 e. The van der Waals surface area contributed by atoms with Crippen molar-refractivity contribution in [1.29, 1.82) is 0 Å². The van der Waals surface area contributed by atoms with Gasteiger partial charge >= 0.3 is 0 Å². The number of aliphatic hydroxyl groups excluding tert-OH is 1. The third kappa shape index (κ3) is 4.47. The molecule has 17 heavy (non-hydrogen) atoms. The molecule has 0 amide bonds. The van der Waals surface area contributed by atoms with Crippen molar-refractivity contribution in [2.24, 2.45) is 11.1 Å². The Kier molecular flexibility index (Phi) is 4.70. The lowest BCUT2D eigenvalue weighted by molar-refractivity contribution is 0.122. The molecular formula is C10H18N2O4S. The van der Waals surface area contributed by atoms with E-state index in [9.17, 15) is 13.5 Å². The molecule has 1 aromatic rings. The number of rotatable bonds is 6. The third-order valence-electron chi connectivity index (χ3n) is 2.34. The van der Waals surface area contributed by atoms with Crippen LogP contribution in [0.4, 0.5) is 0 Å². The summed E-state index contributed by atoms with van der Waals surface area (Å²) in [6.07, 6.45) is -0.442. The molecule has 1 aromatic heterocycles. The highest BCUT2D eigenvalue weighted by molar-refractivity contribution is 7.89. The van der Waals surface area contributed by atoms with Gasteiger partial charge < -0.3 is 14.8 Å². The Morgan fingerprint density at radius 1 is 1.47 bits per heavy atom. The molecule has 1 atom stereocenters. The van der Waals surface area contributed by atoms with Crippen molar-refractivity contribution in [1.82, 2.24) is 5.32 Å². The summed E-state index contributed by atoms with van der Waals surface area (Å²) in [6, 6.07) is 2.85. The molecule has 1 rings (SSSR count). The van der Waals surface area contributed by atoms with Crippen LogP contribution >= 0.6 is 0 Å². The van der Waals surface area contributed by atoms with Crippen molar-refractivity contribution in [2.75, 3.05) is 6.54 Å². The molecule has 1 heterocycles. The van der Waals surface area contributed by atoms with E-state index < -0.39 is 16.1 Å². The summed E-state index contributed by atoms with van der Waals surface area (Å²) in [5, 5.41) is 17.2. The fraction of sp³-hybridized carbons (Fsp3) is 0.600. The maximum atomic E-state index is 10.9. The molecule has 0 aromatic carbocycles. The van der Waals surface area contributed by atoms with Crippen molar-refractivity contribution in [3.05, 3.63) is 17.9 Å². The van der Waals surface area contributed by atoms with Gasteiger partial charge in [-0.1, -0.05) is 13.8 Å². The predicted octanol–water partition coefficient (Wildman–Crippen LogP) is 0.0335. The molecule has 0 spiro atoms. The van der Waals surface area contributed by atoms with Crippen molar-refractivity contribution >= 4 is 10.0 Å². The van der Waals surface area contributed by atoms with Gasteiger partial charge in [-0.25, -0.2) is 13.6 Å². The number of sulfonamides is 1. The van der Waals surface area contributed by atoms with Gasteiger partial charge in [-0.15, -0.1) is 0 Å². The van der Waals surface area contributed by atoms with Crippen LogP contribution in [0.2, 0.25) is 0 Å². The summed E-state index contributed by atoms with van der Waals surface area (Å²) in [4.78, 5) is 0. The van der Waals surface area contributed by atoms with Gasteiger partial charge in [-0.05, 0) is 18.1 Å². The van der Waals surface area contributed by atoms with E-state index in [0.717, 1.165) is 0 Å². The van der Waals surface area contributed by atoms with E-state index in [1.165, 1.54) is 12.1 Å². The molecule has 0 bridgehead atoms. The SMILES string of the molecule is CC(C)C(O)CNCc1ccc(S(N)(=O)=O)o1. The molecule has 0 aliphatic rings. The largest absolute Gasteiger partial charge is 0.447 e. The van der Waals surface area contributed by atoms with Crippen LogP contribution < -0.4 is 10.5 Å². The number of aliphatic hydroxyl groups is 1. The zero-order chi connectivity index (χ0) is 13.1. The van der Waals surface area contributed by atoms with Gasteiger partial charge in [0.1, 0.15) is 5.76 Å². The number of primary sulfonamides is 1. The van der Waals surface area contributed by atoms with Gasteiger partial charge in [-0.2, -0.15) is 0 Å². The van der Waals surface area contributed by atoms with Crippen LogP contribution in [0.5, 0.6) is 0 Å². The molecule has 0 radical (unpaired) electrons. The Bertz CT molecular complexity index is 453. The molecule has 0 fully saturated rings. The van der Waals surface area contributed by atoms with Crippen molar-refractivity contribution in [3.63, 3.8) is 0 Å². The van der Waals surface area contributed by atoms with E-state index >= 15 is 0 Å². The van der Waals surface area contributed by atoms with Crippen LogP contribution in [-0.4, -0.2) is 26.2 Å². The minimum absolute atomic E-state index is 0.166. The third-order valence-corrected chi connectivity index (χ3v) is 3.12. The number of nitrogens with one attached hydrogen (secondary N) is 1. The first-order valence-corrected chi connectivity index (χ1v) is 6.85. The average Bonchev–Trinajstić information content (AvgIpc) is 2.65. The fourth-order valence-electron chi connectivity index (χ4n) is 1.19. The van der Waals surface area contributed by atoms with E-state index in [4.69, 9.17) is 9.56 Å². The van der Waals surface area contributed by atoms with Crippen LogP contribution in [0.25, 0.3) is 0 Å². The molecular weight excluding hydrogens is 244 g/mol. The molecule has 4 N–H and O–H groups in total. The van der Waals surface area contributed by atoms with Gasteiger partial charge in [0.25, 0.3) is 10.0 Å². The number of nitrogens with two attached hydrogens (primary N) is 1. The highest BCUT2D eigenvalue weighted by atomic mass is 32.2. The summed E-state index contributed by atoms with van der Waals surface area (Å²) in [5.74, 6) is 0.629. The van der Waals surface area contributed by atoms with Gasteiger partial charge in [0.15, 0.2) is 0 Å². The van der Waals surface area contributed by atoms with E-state index in [2.05, 4.69) is 5.32 Å². The second-order valence-corrected chi connectivity index (χ2v) is 5.70. The molecule has 7 heteroatoms. The van der Waals surface area contributed by atoms with Crippen LogP contribution in [0.15, 0.2) is 21.6 Å². The lowest BCUT2D eigenvalue weighted by atomic mass is 10.1. The van der Waals surface area contributed by atoms with Gasteiger partial charge in [0.2, 0.25) is 5.09 Å². The highest BCUT2D eigenvalue weighted by Gasteiger charge is 2.13. The normalized spacial score (nSPS) is 14.2. The first-order chi connectivity index (χ1) is 7.80. The lowest BCUT2D eigenvalue weighted by Crippen LogP contribution is -2.30. The molecule has 1 unspecified atom stereocenters. The number of furan rings is 1.